The summed E-state index contributed by atoms with van der Waals surface area (Å²) in [6.45, 7) is 0.771. The van der Waals surface area contributed by atoms with Crippen molar-refractivity contribution < 1.29 is 0 Å². The molecule has 0 amide bonds. The molecule has 1 saturated carbocycles. The lowest BCUT2D eigenvalue weighted by Gasteiger charge is -2.41. The highest BCUT2D eigenvalue weighted by molar-refractivity contribution is 9.11. The molecule has 0 atom stereocenters. The van der Waals surface area contributed by atoms with Crippen molar-refractivity contribution in [3.05, 3.63) is 31.6 Å². The van der Waals surface area contributed by atoms with Crippen LogP contribution in [0.5, 0.6) is 0 Å². The van der Waals surface area contributed by atoms with Crippen molar-refractivity contribution in [2.45, 2.75) is 25.8 Å². The summed E-state index contributed by atoms with van der Waals surface area (Å²) >= 11 is 11.1. The maximum Gasteiger partial charge on any atom is 0.264 e. The fraction of sp³-hybridized carbons (Fsp3) is 0.545. The molecule has 1 fully saturated rings. The van der Waals surface area contributed by atoms with Crippen LogP contribution in [0.3, 0.4) is 0 Å². The van der Waals surface area contributed by atoms with Crippen LogP contribution in [-0.2, 0) is 6.54 Å². The van der Waals surface area contributed by atoms with Gasteiger partial charge in [0.2, 0.25) is 0 Å². The number of hydrogen-bond acceptors (Lipinski definition) is 2. The second-order valence-electron chi connectivity index (χ2n) is 4.45. The Kier molecular flexibility index (Phi) is 3.86. The van der Waals surface area contributed by atoms with Crippen LogP contribution >= 0.6 is 44.5 Å². The van der Waals surface area contributed by atoms with E-state index in [-0.39, 0.29) is 11.0 Å². The molecule has 0 saturated heterocycles. The number of thiol groups is 1. The van der Waals surface area contributed by atoms with Crippen molar-refractivity contribution in [1.29, 1.82) is 0 Å². The van der Waals surface area contributed by atoms with Crippen LogP contribution < -0.4 is 5.56 Å². The number of halogens is 2. The maximum atomic E-state index is 11.9. The first kappa shape index (κ1) is 12.7. The Morgan fingerprint density at radius 3 is 2.62 bits per heavy atom. The standard InChI is InChI=1S/C11H13Br2NOS/c12-8-4-9(13)10(15)14(5-8)6-11(7-16)2-1-3-11/h4-5,16H,1-3,6-7H2. The van der Waals surface area contributed by atoms with E-state index in [0.29, 0.717) is 4.47 Å². The number of nitrogens with zero attached hydrogens (tertiary/aromatic N) is 1. The first-order chi connectivity index (χ1) is 7.56. The SMILES string of the molecule is O=c1c(Br)cc(Br)cn1CC1(CS)CCC1. The fourth-order valence-electron chi connectivity index (χ4n) is 2.09. The second-order valence-corrected chi connectivity index (χ2v) is 6.54. The molecule has 1 aliphatic carbocycles. The van der Waals surface area contributed by atoms with Gasteiger partial charge in [-0.05, 0) is 61.9 Å². The molecule has 2 rings (SSSR count). The molecule has 88 valence electrons. The summed E-state index contributed by atoms with van der Waals surface area (Å²) in [4.78, 5) is 11.9. The molecule has 0 aromatic carbocycles. The molecule has 0 N–H and O–H groups in total. The minimum Gasteiger partial charge on any atom is -0.313 e. The number of hydrogen-bond donors (Lipinski definition) is 1. The van der Waals surface area contributed by atoms with E-state index in [4.69, 9.17) is 0 Å². The van der Waals surface area contributed by atoms with E-state index in [0.717, 1.165) is 16.8 Å². The van der Waals surface area contributed by atoms with Gasteiger partial charge in [0.15, 0.2) is 0 Å². The first-order valence-corrected chi connectivity index (χ1v) is 7.45. The molecule has 2 nitrogen and oxygen atoms in total. The van der Waals surface area contributed by atoms with Crippen LogP contribution in [0.1, 0.15) is 19.3 Å². The molecule has 5 heteroatoms. The zero-order valence-corrected chi connectivity index (χ0v) is 12.8. The van der Waals surface area contributed by atoms with E-state index < -0.39 is 0 Å². The van der Waals surface area contributed by atoms with Gasteiger partial charge in [0.1, 0.15) is 0 Å². The van der Waals surface area contributed by atoms with Gasteiger partial charge in [-0.3, -0.25) is 4.79 Å². The zero-order chi connectivity index (χ0) is 11.8. The lowest BCUT2D eigenvalue weighted by Crippen LogP contribution is -2.39. The highest BCUT2D eigenvalue weighted by Gasteiger charge is 2.36. The molecule has 1 aliphatic rings. The molecular formula is C11H13Br2NOS. The van der Waals surface area contributed by atoms with E-state index >= 15 is 0 Å². The topological polar surface area (TPSA) is 22.0 Å². The number of pyridine rings is 1. The first-order valence-electron chi connectivity index (χ1n) is 5.23. The van der Waals surface area contributed by atoms with E-state index in [9.17, 15) is 4.79 Å². The Hall–Kier alpha value is 0.260. The number of aromatic nitrogens is 1. The molecule has 1 heterocycles. The lowest BCUT2D eigenvalue weighted by atomic mass is 9.70. The van der Waals surface area contributed by atoms with Crippen LogP contribution in [0.2, 0.25) is 0 Å². The Bertz CT molecular complexity index is 448. The summed E-state index contributed by atoms with van der Waals surface area (Å²) in [6, 6.07) is 1.78. The Morgan fingerprint density at radius 1 is 1.44 bits per heavy atom. The Labute approximate surface area is 117 Å². The predicted octanol–water partition coefficient (Wildman–Crippen LogP) is 3.47. The Morgan fingerprint density at radius 2 is 2.12 bits per heavy atom. The molecule has 0 radical (unpaired) electrons. The van der Waals surface area contributed by atoms with Crippen LogP contribution in [0.15, 0.2) is 26.0 Å². The largest absolute Gasteiger partial charge is 0.313 e. The highest BCUT2D eigenvalue weighted by atomic mass is 79.9. The van der Waals surface area contributed by atoms with Crippen molar-refractivity contribution in [3.8, 4) is 0 Å². The van der Waals surface area contributed by atoms with E-state index in [1.54, 1.807) is 10.6 Å². The monoisotopic (exact) mass is 365 g/mol. The highest BCUT2D eigenvalue weighted by Crippen LogP contribution is 2.43. The van der Waals surface area contributed by atoms with E-state index in [1.165, 1.54) is 19.3 Å². The third kappa shape index (κ3) is 2.41. The predicted molar refractivity (Wildman–Crippen MR) is 76.2 cm³/mol. The van der Waals surface area contributed by atoms with Crippen molar-refractivity contribution in [1.82, 2.24) is 4.57 Å². The average Bonchev–Trinajstić information content (AvgIpc) is 2.18. The zero-order valence-electron chi connectivity index (χ0n) is 8.75. The van der Waals surface area contributed by atoms with Gasteiger partial charge < -0.3 is 4.57 Å². The fourth-order valence-corrected chi connectivity index (χ4v) is 3.76. The van der Waals surface area contributed by atoms with Gasteiger partial charge in [0, 0.05) is 17.2 Å². The van der Waals surface area contributed by atoms with Gasteiger partial charge in [-0.1, -0.05) is 6.42 Å². The van der Waals surface area contributed by atoms with Crippen LogP contribution in [0.25, 0.3) is 0 Å². The van der Waals surface area contributed by atoms with Gasteiger partial charge in [0.05, 0.1) is 4.47 Å². The minimum atomic E-state index is 0.0382. The second kappa shape index (κ2) is 4.86. The van der Waals surface area contributed by atoms with E-state index in [2.05, 4.69) is 44.5 Å². The van der Waals surface area contributed by atoms with Gasteiger partial charge in [-0.2, -0.15) is 12.6 Å². The Balaban J connectivity index is 2.31. The molecule has 0 bridgehead atoms. The van der Waals surface area contributed by atoms with Gasteiger partial charge in [-0.15, -0.1) is 0 Å². The summed E-state index contributed by atoms with van der Waals surface area (Å²) in [6.07, 6.45) is 5.46. The van der Waals surface area contributed by atoms with Gasteiger partial charge in [0.25, 0.3) is 5.56 Å². The summed E-state index contributed by atoms with van der Waals surface area (Å²) in [5.74, 6) is 0.851. The van der Waals surface area contributed by atoms with Gasteiger partial charge in [-0.25, -0.2) is 0 Å². The van der Waals surface area contributed by atoms with Crippen molar-refractivity contribution in [2.24, 2.45) is 5.41 Å². The van der Waals surface area contributed by atoms with Crippen LogP contribution in [-0.4, -0.2) is 10.3 Å². The quantitative estimate of drug-likeness (QED) is 0.813. The minimum absolute atomic E-state index is 0.0382. The molecule has 0 spiro atoms. The van der Waals surface area contributed by atoms with Crippen molar-refractivity contribution in [2.75, 3.05) is 5.75 Å². The van der Waals surface area contributed by atoms with Gasteiger partial charge >= 0.3 is 0 Å². The smallest absolute Gasteiger partial charge is 0.264 e. The molecule has 0 aliphatic heterocycles. The summed E-state index contributed by atoms with van der Waals surface area (Å²) in [7, 11) is 0. The molecular weight excluding hydrogens is 354 g/mol. The van der Waals surface area contributed by atoms with Crippen LogP contribution in [0.4, 0.5) is 0 Å². The van der Waals surface area contributed by atoms with Crippen LogP contribution in [0, 0.1) is 5.41 Å². The normalized spacial score (nSPS) is 18.2. The summed E-state index contributed by atoms with van der Waals surface area (Å²) < 4.78 is 3.31. The van der Waals surface area contributed by atoms with Crippen molar-refractivity contribution >= 4 is 44.5 Å². The third-order valence-electron chi connectivity index (χ3n) is 3.26. The van der Waals surface area contributed by atoms with Crippen molar-refractivity contribution in [3.63, 3.8) is 0 Å². The maximum absolute atomic E-state index is 11.9. The molecule has 16 heavy (non-hydrogen) atoms. The average molecular weight is 367 g/mol. The molecule has 1 aromatic rings. The molecule has 1 aromatic heterocycles. The molecule has 0 unspecified atom stereocenters. The lowest BCUT2D eigenvalue weighted by molar-refractivity contribution is 0.137. The number of rotatable bonds is 3. The summed E-state index contributed by atoms with van der Waals surface area (Å²) in [5, 5.41) is 0. The van der Waals surface area contributed by atoms with E-state index in [1.807, 2.05) is 6.20 Å². The summed E-state index contributed by atoms with van der Waals surface area (Å²) in [5.41, 5.74) is 0.268. The third-order valence-corrected chi connectivity index (χ3v) is 4.94.